The molecule has 0 radical (unpaired) electrons. The minimum atomic E-state index is 0.590. The van der Waals surface area contributed by atoms with Gasteiger partial charge in [0.2, 0.25) is 0 Å². The lowest BCUT2D eigenvalue weighted by atomic mass is 10.1. The quantitative estimate of drug-likeness (QED) is 0.877. The van der Waals surface area contributed by atoms with Crippen LogP contribution in [0.15, 0.2) is 40.9 Å². The molecule has 0 unspecified atom stereocenters. The summed E-state index contributed by atoms with van der Waals surface area (Å²) in [6.45, 7) is 5.67. The Kier molecular flexibility index (Phi) is 5.21. The van der Waals surface area contributed by atoms with Gasteiger partial charge in [-0.15, -0.1) is 0 Å². The van der Waals surface area contributed by atoms with Gasteiger partial charge in [0.1, 0.15) is 12.4 Å². The largest absolute Gasteiger partial charge is 0.488 e. The molecule has 2 aromatic rings. The molecule has 0 aliphatic carbocycles. The average Bonchev–Trinajstić information content (AvgIpc) is 2.38. The summed E-state index contributed by atoms with van der Waals surface area (Å²) in [5, 5.41) is 3.18. The first-order valence-corrected chi connectivity index (χ1v) is 7.51. The molecule has 0 amide bonds. The zero-order chi connectivity index (χ0) is 14.5. The van der Waals surface area contributed by atoms with Crippen molar-refractivity contribution in [3.8, 4) is 5.75 Å². The van der Waals surface area contributed by atoms with Crippen LogP contribution in [0.3, 0.4) is 0 Å². The smallest absolute Gasteiger partial charge is 0.125 e. The monoisotopic (exact) mass is 333 g/mol. The summed E-state index contributed by atoms with van der Waals surface area (Å²) >= 11 is 3.48. The average molecular weight is 334 g/mol. The maximum atomic E-state index is 6.00. The summed E-state index contributed by atoms with van der Waals surface area (Å²) in [5.74, 6) is 0.991. The Morgan fingerprint density at radius 3 is 2.35 bits per heavy atom. The molecular weight excluding hydrogens is 314 g/mol. The van der Waals surface area contributed by atoms with Gasteiger partial charge in [-0.05, 0) is 55.3 Å². The van der Waals surface area contributed by atoms with Crippen LogP contribution < -0.4 is 10.1 Å². The summed E-state index contributed by atoms with van der Waals surface area (Å²) < 4.78 is 7.08. The van der Waals surface area contributed by atoms with E-state index in [1.54, 1.807) is 0 Å². The van der Waals surface area contributed by atoms with Gasteiger partial charge in [0, 0.05) is 11.0 Å². The Hall–Kier alpha value is -1.32. The van der Waals surface area contributed by atoms with Gasteiger partial charge in [-0.3, -0.25) is 0 Å². The van der Waals surface area contributed by atoms with Crippen LogP contribution >= 0.6 is 15.9 Å². The number of halogens is 1. The summed E-state index contributed by atoms with van der Waals surface area (Å²) in [4.78, 5) is 0. The second-order valence-corrected chi connectivity index (χ2v) is 5.92. The van der Waals surface area contributed by atoms with Gasteiger partial charge in [-0.1, -0.05) is 40.2 Å². The van der Waals surface area contributed by atoms with E-state index < -0.39 is 0 Å². The van der Waals surface area contributed by atoms with E-state index in [4.69, 9.17) is 4.74 Å². The Morgan fingerprint density at radius 2 is 1.75 bits per heavy atom. The molecule has 0 bridgehead atoms. The van der Waals surface area contributed by atoms with Crippen LogP contribution in [0.1, 0.15) is 22.3 Å². The molecule has 0 aliphatic rings. The molecular formula is C17H20BrNO. The van der Waals surface area contributed by atoms with Crippen LogP contribution in [0.5, 0.6) is 5.75 Å². The minimum absolute atomic E-state index is 0.590. The Labute approximate surface area is 129 Å². The lowest BCUT2D eigenvalue weighted by Crippen LogP contribution is -2.06. The summed E-state index contributed by atoms with van der Waals surface area (Å²) in [7, 11) is 1.96. The molecule has 0 atom stereocenters. The van der Waals surface area contributed by atoms with Crippen molar-refractivity contribution in [2.24, 2.45) is 0 Å². The third-order valence-corrected chi connectivity index (χ3v) is 3.67. The molecule has 0 aromatic heterocycles. The Morgan fingerprint density at radius 1 is 1.05 bits per heavy atom. The van der Waals surface area contributed by atoms with Crippen molar-refractivity contribution in [3.63, 3.8) is 0 Å². The fraction of sp³-hybridized carbons (Fsp3) is 0.294. The molecule has 2 nitrogen and oxygen atoms in total. The van der Waals surface area contributed by atoms with E-state index in [1.807, 2.05) is 19.2 Å². The molecule has 20 heavy (non-hydrogen) atoms. The van der Waals surface area contributed by atoms with Crippen molar-refractivity contribution in [1.29, 1.82) is 0 Å². The Balaban J connectivity index is 2.13. The van der Waals surface area contributed by atoms with Crippen LogP contribution in [0.2, 0.25) is 0 Å². The van der Waals surface area contributed by atoms with Gasteiger partial charge in [0.05, 0.1) is 0 Å². The number of ether oxygens (including phenoxy) is 1. The lowest BCUT2D eigenvalue weighted by Gasteiger charge is -2.14. The van der Waals surface area contributed by atoms with E-state index >= 15 is 0 Å². The highest BCUT2D eigenvalue weighted by Gasteiger charge is 2.07. The number of hydrogen-bond donors (Lipinski definition) is 1. The van der Waals surface area contributed by atoms with Gasteiger partial charge in [-0.25, -0.2) is 0 Å². The van der Waals surface area contributed by atoms with Crippen molar-refractivity contribution in [3.05, 3.63) is 63.1 Å². The zero-order valence-electron chi connectivity index (χ0n) is 12.2. The summed E-state index contributed by atoms with van der Waals surface area (Å²) in [6, 6.07) is 12.6. The second kappa shape index (κ2) is 6.91. The Bertz CT molecular complexity index is 572. The molecule has 3 heteroatoms. The van der Waals surface area contributed by atoms with Crippen molar-refractivity contribution in [2.45, 2.75) is 27.0 Å². The second-order valence-electron chi connectivity index (χ2n) is 5.01. The zero-order valence-corrected chi connectivity index (χ0v) is 13.8. The van der Waals surface area contributed by atoms with E-state index in [0.717, 1.165) is 22.3 Å². The van der Waals surface area contributed by atoms with Crippen LogP contribution in [0.4, 0.5) is 0 Å². The fourth-order valence-electron chi connectivity index (χ4n) is 2.36. The molecule has 106 valence electrons. The van der Waals surface area contributed by atoms with Crippen molar-refractivity contribution in [1.82, 2.24) is 5.32 Å². The normalized spacial score (nSPS) is 10.6. The molecule has 0 saturated heterocycles. The summed E-state index contributed by atoms with van der Waals surface area (Å²) in [5.41, 5.74) is 4.82. The fourth-order valence-corrected chi connectivity index (χ4v) is 2.80. The van der Waals surface area contributed by atoms with Gasteiger partial charge in [-0.2, -0.15) is 0 Å². The van der Waals surface area contributed by atoms with Crippen molar-refractivity contribution in [2.75, 3.05) is 7.05 Å². The van der Waals surface area contributed by atoms with Gasteiger partial charge in [0.15, 0.2) is 0 Å². The van der Waals surface area contributed by atoms with Gasteiger partial charge >= 0.3 is 0 Å². The van der Waals surface area contributed by atoms with Crippen LogP contribution in [-0.2, 0) is 13.2 Å². The molecule has 2 rings (SSSR count). The molecule has 0 saturated carbocycles. The predicted octanol–water partition coefficient (Wildman–Crippen LogP) is 4.36. The standard InChI is InChI=1S/C17H20BrNO/c1-12-7-15(10-19-3)8-13(2)17(12)20-11-14-5-4-6-16(18)9-14/h4-9,19H,10-11H2,1-3H3. The van der Waals surface area contributed by atoms with Gasteiger partial charge in [0.25, 0.3) is 0 Å². The van der Waals surface area contributed by atoms with Crippen LogP contribution in [0.25, 0.3) is 0 Å². The van der Waals surface area contributed by atoms with Crippen LogP contribution in [-0.4, -0.2) is 7.05 Å². The molecule has 1 N–H and O–H groups in total. The number of hydrogen-bond acceptors (Lipinski definition) is 2. The molecule has 0 fully saturated rings. The minimum Gasteiger partial charge on any atom is -0.488 e. The van der Waals surface area contributed by atoms with Crippen molar-refractivity contribution >= 4 is 15.9 Å². The third-order valence-electron chi connectivity index (χ3n) is 3.17. The first kappa shape index (κ1) is 15.1. The van der Waals surface area contributed by atoms with Crippen molar-refractivity contribution < 1.29 is 4.74 Å². The molecule has 0 heterocycles. The predicted molar refractivity (Wildman–Crippen MR) is 87.2 cm³/mol. The number of benzene rings is 2. The molecule has 0 aliphatic heterocycles. The maximum absolute atomic E-state index is 6.00. The molecule has 0 spiro atoms. The number of nitrogens with one attached hydrogen (secondary N) is 1. The van der Waals surface area contributed by atoms with E-state index in [1.165, 1.54) is 16.7 Å². The van der Waals surface area contributed by atoms with E-state index in [-0.39, 0.29) is 0 Å². The SMILES string of the molecule is CNCc1cc(C)c(OCc2cccc(Br)c2)c(C)c1. The van der Waals surface area contributed by atoms with Crippen LogP contribution in [0, 0.1) is 13.8 Å². The highest BCUT2D eigenvalue weighted by Crippen LogP contribution is 2.26. The van der Waals surface area contributed by atoms with Gasteiger partial charge < -0.3 is 10.1 Å². The highest BCUT2D eigenvalue weighted by molar-refractivity contribution is 9.10. The molecule has 2 aromatic carbocycles. The summed E-state index contributed by atoms with van der Waals surface area (Å²) in [6.07, 6.45) is 0. The lowest BCUT2D eigenvalue weighted by molar-refractivity contribution is 0.302. The number of rotatable bonds is 5. The van der Waals surface area contributed by atoms with E-state index in [9.17, 15) is 0 Å². The third kappa shape index (κ3) is 3.84. The first-order chi connectivity index (χ1) is 9.60. The van der Waals surface area contributed by atoms with E-state index in [2.05, 4.69) is 59.4 Å². The number of aryl methyl sites for hydroxylation is 2. The maximum Gasteiger partial charge on any atom is 0.125 e. The topological polar surface area (TPSA) is 21.3 Å². The highest BCUT2D eigenvalue weighted by atomic mass is 79.9. The van der Waals surface area contributed by atoms with E-state index in [0.29, 0.717) is 6.61 Å². The first-order valence-electron chi connectivity index (χ1n) is 6.72.